The van der Waals surface area contributed by atoms with Crippen LogP contribution in [0.3, 0.4) is 0 Å². The molecule has 1 aromatic heterocycles. The Balaban J connectivity index is 2.10. The Morgan fingerprint density at radius 1 is 1.39 bits per heavy atom. The quantitative estimate of drug-likeness (QED) is 0.891. The standard InChI is InChI=1S/C13H11NO4/c15-13(16)11-5-8-3-1-2-4-10(8)12(14-11)18-9-6-17-7-9/h1-5,9H,6-7H2,(H,15,16). The molecule has 0 atom stereocenters. The molecule has 5 nitrogen and oxygen atoms in total. The second-order valence-corrected chi connectivity index (χ2v) is 4.12. The number of nitrogens with zero attached hydrogens (tertiary/aromatic N) is 1. The molecule has 18 heavy (non-hydrogen) atoms. The topological polar surface area (TPSA) is 68.7 Å². The maximum Gasteiger partial charge on any atom is 0.354 e. The van der Waals surface area contributed by atoms with Crippen LogP contribution in [0.25, 0.3) is 10.8 Å². The van der Waals surface area contributed by atoms with E-state index < -0.39 is 5.97 Å². The van der Waals surface area contributed by atoms with Gasteiger partial charge in [-0.25, -0.2) is 9.78 Å². The highest BCUT2D eigenvalue weighted by Crippen LogP contribution is 2.26. The van der Waals surface area contributed by atoms with Gasteiger partial charge in [0.15, 0.2) is 5.69 Å². The van der Waals surface area contributed by atoms with Crippen LogP contribution in [0.2, 0.25) is 0 Å². The van der Waals surface area contributed by atoms with Gasteiger partial charge in [-0.15, -0.1) is 0 Å². The summed E-state index contributed by atoms with van der Waals surface area (Å²) in [5.41, 5.74) is -0.0102. The van der Waals surface area contributed by atoms with E-state index in [-0.39, 0.29) is 11.8 Å². The summed E-state index contributed by atoms with van der Waals surface area (Å²) in [5.74, 6) is -0.700. The summed E-state index contributed by atoms with van der Waals surface area (Å²) in [6.07, 6.45) is -0.0371. The molecule has 0 spiro atoms. The normalized spacial score (nSPS) is 15.3. The number of aromatic carboxylic acids is 1. The average molecular weight is 245 g/mol. The van der Waals surface area contributed by atoms with Crippen molar-refractivity contribution in [1.82, 2.24) is 4.98 Å². The Hall–Kier alpha value is -2.14. The first-order valence-corrected chi connectivity index (χ1v) is 5.61. The zero-order valence-electron chi connectivity index (χ0n) is 9.50. The number of aromatic nitrogens is 1. The van der Waals surface area contributed by atoms with Crippen molar-refractivity contribution in [2.24, 2.45) is 0 Å². The maximum atomic E-state index is 11.0. The molecule has 0 amide bonds. The van der Waals surface area contributed by atoms with Crippen molar-refractivity contribution in [3.63, 3.8) is 0 Å². The molecule has 0 aliphatic carbocycles. The summed E-state index contributed by atoms with van der Waals surface area (Å²) < 4.78 is 10.7. The SMILES string of the molecule is O=C(O)c1cc2ccccc2c(OC2COC2)n1. The van der Waals surface area contributed by atoms with Crippen LogP contribution in [-0.4, -0.2) is 35.4 Å². The highest BCUT2D eigenvalue weighted by molar-refractivity contribution is 5.94. The van der Waals surface area contributed by atoms with Gasteiger partial charge >= 0.3 is 5.97 Å². The van der Waals surface area contributed by atoms with E-state index in [0.29, 0.717) is 19.1 Å². The van der Waals surface area contributed by atoms with Crippen LogP contribution in [0, 0.1) is 0 Å². The van der Waals surface area contributed by atoms with E-state index in [1.54, 1.807) is 6.07 Å². The minimum absolute atomic E-state index is 0.0102. The summed E-state index contributed by atoms with van der Waals surface area (Å²) >= 11 is 0. The number of carbonyl (C=O) groups is 1. The van der Waals surface area contributed by atoms with E-state index in [0.717, 1.165) is 10.8 Å². The number of carboxylic acids is 1. The first-order chi connectivity index (χ1) is 8.74. The number of pyridine rings is 1. The summed E-state index contributed by atoms with van der Waals surface area (Å²) in [6.45, 7) is 1.04. The number of ether oxygens (including phenoxy) is 2. The van der Waals surface area contributed by atoms with Gasteiger partial charge in [-0.1, -0.05) is 18.2 Å². The van der Waals surface area contributed by atoms with Gasteiger partial charge in [-0.2, -0.15) is 0 Å². The molecular weight excluding hydrogens is 234 g/mol. The van der Waals surface area contributed by atoms with Gasteiger partial charge in [-0.3, -0.25) is 0 Å². The molecule has 2 aromatic rings. The van der Waals surface area contributed by atoms with Crippen molar-refractivity contribution in [1.29, 1.82) is 0 Å². The summed E-state index contributed by atoms with van der Waals surface area (Å²) in [5, 5.41) is 10.7. The van der Waals surface area contributed by atoms with Gasteiger partial charge in [0.05, 0.1) is 13.2 Å². The molecular formula is C13H11NO4. The maximum absolute atomic E-state index is 11.0. The van der Waals surface area contributed by atoms with Gasteiger partial charge < -0.3 is 14.6 Å². The Bertz CT molecular complexity index is 607. The molecule has 92 valence electrons. The highest BCUT2D eigenvalue weighted by atomic mass is 16.6. The monoisotopic (exact) mass is 245 g/mol. The summed E-state index contributed by atoms with van der Waals surface area (Å²) in [7, 11) is 0. The molecule has 1 N–H and O–H groups in total. The predicted molar refractivity (Wildman–Crippen MR) is 63.9 cm³/mol. The van der Waals surface area contributed by atoms with E-state index in [9.17, 15) is 4.79 Å². The Morgan fingerprint density at radius 3 is 2.83 bits per heavy atom. The Morgan fingerprint density at radius 2 is 2.17 bits per heavy atom. The van der Waals surface area contributed by atoms with Crippen molar-refractivity contribution in [3.8, 4) is 5.88 Å². The summed E-state index contributed by atoms with van der Waals surface area (Å²) in [4.78, 5) is 15.1. The molecule has 1 aromatic carbocycles. The van der Waals surface area contributed by atoms with Crippen LogP contribution in [0.15, 0.2) is 30.3 Å². The van der Waals surface area contributed by atoms with Crippen molar-refractivity contribution in [3.05, 3.63) is 36.0 Å². The molecule has 1 fully saturated rings. The van der Waals surface area contributed by atoms with E-state index in [1.807, 2.05) is 24.3 Å². The van der Waals surface area contributed by atoms with E-state index >= 15 is 0 Å². The molecule has 1 aliphatic heterocycles. The third kappa shape index (κ3) is 1.89. The molecule has 1 aliphatic rings. The van der Waals surface area contributed by atoms with Crippen LogP contribution in [0.1, 0.15) is 10.5 Å². The van der Waals surface area contributed by atoms with Crippen LogP contribution < -0.4 is 4.74 Å². The fourth-order valence-corrected chi connectivity index (χ4v) is 1.81. The molecule has 3 rings (SSSR count). The number of carboxylic acid groups (broad SMARTS) is 1. The van der Waals surface area contributed by atoms with Crippen LogP contribution in [0.5, 0.6) is 5.88 Å². The Labute approximate surface area is 103 Å². The number of rotatable bonds is 3. The minimum Gasteiger partial charge on any atom is -0.477 e. The lowest BCUT2D eigenvalue weighted by Crippen LogP contribution is -2.38. The van der Waals surface area contributed by atoms with Crippen molar-refractivity contribution >= 4 is 16.7 Å². The van der Waals surface area contributed by atoms with E-state index in [4.69, 9.17) is 14.6 Å². The first kappa shape index (κ1) is 11.0. The molecule has 0 unspecified atom stereocenters. The molecule has 1 saturated heterocycles. The molecule has 0 saturated carbocycles. The fraction of sp³-hybridized carbons (Fsp3) is 0.231. The summed E-state index contributed by atoms with van der Waals surface area (Å²) in [6, 6.07) is 8.97. The number of hydrogen-bond acceptors (Lipinski definition) is 4. The lowest BCUT2D eigenvalue weighted by molar-refractivity contribution is -0.0807. The smallest absolute Gasteiger partial charge is 0.354 e. The number of fused-ring (bicyclic) bond motifs is 1. The van der Waals surface area contributed by atoms with E-state index in [1.165, 1.54) is 0 Å². The molecule has 0 bridgehead atoms. The second kappa shape index (κ2) is 4.27. The third-order valence-electron chi connectivity index (χ3n) is 2.81. The van der Waals surface area contributed by atoms with Gasteiger partial charge in [0.2, 0.25) is 5.88 Å². The molecule has 2 heterocycles. The van der Waals surface area contributed by atoms with Gasteiger partial charge in [0.25, 0.3) is 0 Å². The fourth-order valence-electron chi connectivity index (χ4n) is 1.81. The average Bonchev–Trinajstić information content (AvgIpc) is 2.33. The third-order valence-corrected chi connectivity index (χ3v) is 2.81. The van der Waals surface area contributed by atoms with Crippen LogP contribution >= 0.6 is 0 Å². The lowest BCUT2D eigenvalue weighted by Gasteiger charge is -2.26. The largest absolute Gasteiger partial charge is 0.477 e. The predicted octanol–water partition coefficient (Wildman–Crippen LogP) is 1.71. The van der Waals surface area contributed by atoms with Gasteiger partial charge in [0.1, 0.15) is 6.10 Å². The van der Waals surface area contributed by atoms with Gasteiger partial charge in [0, 0.05) is 5.39 Å². The lowest BCUT2D eigenvalue weighted by atomic mass is 10.1. The van der Waals surface area contributed by atoms with Crippen molar-refractivity contribution in [2.75, 3.05) is 13.2 Å². The zero-order chi connectivity index (χ0) is 12.5. The van der Waals surface area contributed by atoms with E-state index in [2.05, 4.69) is 4.98 Å². The van der Waals surface area contributed by atoms with Crippen molar-refractivity contribution in [2.45, 2.75) is 6.10 Å². The van der Waals surface area contributed by atoms with Crippen LogP contribution in [0.4, 0.5) is 0 Å². The Kier molecular flexibility index (Phi) is 2.60. The number of hydrogen-bond donors (Lipinski definition) is 1. The molecule has 5 heteroatoms. The second-order valence-electron chi connectivity index (χ2n) is 4.12. The van der Waals surface area contributed by atoms with Crippen molar-refractivity contribution < 1.29 is 19.4 Å². The number of benzene rings is 1. The first-order valence-electron chi connectivity index (χ1n) is 5.61. The zero-order valence-corrected chi connectivity index (χ0v) is 9.50. The highest BCUT2D eigenvalue weighted by Gasteiger charge is 2.22. The van der Waals surface area contributed by atoms with Gasteiger partial charge in [-0.05, 0) is 17.5 Å². The molecule has 0 radical (unpaired) electrons. The minimum atomic E-state index is -1.06. The van der Waals surface area contributed by atoms with Crippen LogP contribution in [-0.2, 0) is 4.74 Å².